The van der Waals surface area contributed by atoms with Crippen molar-refractivity contribution in [2.75, 3.05) is 20.2 Å². The Kier molecular flexibility index (Phi) is 5.38. The lowest BCUT2D eigenvalue weighted by atomic mass is 9.89. The number of H-pyrrole nitrogens is 1. The second-order valence-electron chi connectivity index (χ2n) is 6.45. The van der Waals surface area contributed by atoms with Gasteiger partial charge in [-0.2, -0.15) is 5.10 Å². The molecular weight excluding hydrogens is 318 g/mol. The number of methoxy groups -OCH3 is 1. The zero-order valence-electron chi connectivity index (χ0n) is 14.7. The molecule has 1 unspecified atom stereocenters. The standard InChI is InChI=1S/C19H25N3O3/c1-3-17(23)19(24)22-9-7-13(8-10-22)18-16(12-20-21-18)14-5-4-6-15(11-14)25-2/h4-6,11-13,17,23H,3,7-10H2,1-2H3,(H,20,21). The number of piperidine rings is 1. The molecule has 0 saturated carbocycles. The van der Waals surface area contributed by atoms with Crippen molar-refractivity contribution in [1.82, 2.24) is 15.1 Å². The van der Waals surface area contributed by atoms with Crippen LogP contribution in [0.1, 0.15) is 37.8 Å². The number of likely N-dealkylation sites (tertiary alicyclic amines) is 1. The lowest BCUT2D eigenvalue weighted by Crippen LogP contribution is -2.43. The molecule has 6 nitrogen and oxygen atoms in total. The smallest absolute Gasteiger partial charge is 0.251 e. The van der Waals surface area contributed by atoms with Crippen molar-refractivity contribution < 1.29 is 14.6 Å². The highest BCUT2D eigenvalue weighted by Crippen LogP contribution is 2.35. The maximum atomic E-state index is 12.1. The van der Waals surface area contributed by atoms with Crippen molar-refractivity contribution in [3.63, 3.8) is 0 Å². The normalized spacial score (nSPS) is 16.7. The minimum absolute atomic E-state index is 0.154. The van der Waals surface area contributed by atoms with E-state index in [2.05, 4.69) is 10.2 Å². The van der Waals surface area contributed by atoms with Crippen molar-refractivity contribution in [3.8, 4) is 16.9 Å². The minimum atomic E-state index is -0.879. The van der Waals surface area contributed by atoms with Gasteiger partial charge >= 0.3 is 0 Å². The molecule has 2 N–H and O–H groups in total. The first-order chi connectivity index (χ1) is 12.1. The van der Waals surface area contributed by atoms with Crippen LogP contribution in [-0.4, -0.2) is 52.4 Å². The van der Waals surface area contributed by atoms with Crippen LogP contribution in [0.5, 0.6) is 5.75 Å². The predicted molar refractivity (Wildman–Crippen MR) is 95.4 cm³/mol. The van der Waals surface area contributed by atoms with Crippen LogP contribution in [0.4, 0.5) is 0 Å². The van der Waals surface area contributed by atoms with E-state index in [0.29, 0.717) is 25.4 Å². The average Bonchev–Trinajstić information content (AvgIpc) is 3.16. The van der Waals surface area contributed by atoms with Gasteiger partial charge in [-0.25, -0.2) is 0 Å². The van der Waals surface area contributed by atoms with Crippen LogP contribution in [0.2, 0.25) is 0 Å². The molecule has 1 aromatic heterocycles. The first-order valence-electron chi connectivity index (χ1n) is 8.78. The van der Waals surface area contributed by atoms with Gasteiger partial charge in [0.15, 0.2) is 0 Å². The number of rotatable bonds is 5. The van der Waals surface area contributed by atoms with Crippen molar-refractivity contribution in [2.45, 2.75) is 38.2 Å². The zero-order valence-corrected chi connectivity index (χ0v) is 14.7. The average molecular weight is 343 g/mol. The second kappa shape index (κ2) is 7.70. The number of carbonyl (C=O) groups excluding carboxylic acids is 1. The minimum Gasteiger partial charge on any atom is -0.497 e. The highest BCUT2D eigenvalue weighted by Gasteiger charge is 2.28. The van der Waals surface area contributed by atoms with Gasteiger partial charge in [-0.3, -0.25) is 9.89 Å². The van der Waals surface area contributed by atoms with Crippen molar-refractivity contribution in [2.24, 2.45) is 0 Å². The molecule has 1 fully saturated rings. The number of nitrogens with one attached hydrogen (secondary N) is 1. The quantitative estimate of drug-likeness (QED) is 0.874. The number of amides is 1. The molecule has 0 bridgehead atoms. The van der Waals surface area contributed by atoms with Gasteiger partial charge < -0.3 is 14.7 Å². The molecule has 134 valence electrons. The number of nitrogens with zero attached hydrogens (tertiary/aromatic N) is 2. The molecule has 2 heterocycles. The van der Waals surface area contributed by atoms with E-state index in [1.165, 1.54) is 0 Å². The first-order valence-corrected chi connectivity index (χ1v) is 8.78. The zero-order chi connectivity index (χ0) is 17.8. The monoisotopic (exact) mass is 343 g/mol. The van der Waals surface area contributed by atoms with E-state index in [1.807, 2.05) is 37.4 Å². The number of hydrogen-bond acceptors (Lipinski definition) is 4. The van der Waals surface area contributed by atoms with Crippen LogP contribution >= 0.6 is 0 Å². The van der Waals surface area contributed by atoms with Gasteiger partial charge in [0.1, 0.15) is 11.9 Å². The molecule has 1 aromatic carbocycles. The summed E-state index contributed by atoms with van der Waals surface area (Å²) in [5.74, 6) is 0.990. The molecular formula is C19H25N3O3. The molecule has 2 aromatic rings. The third kappa shape index (κ3) is 3.69. The lowest BCUT2D eigenvalue weighted by Gasteiger charge is -2.33. The summed E-state index contributed by atoms with van der Waals surface area (Å²) in [6.07, 6.45) is 3.15. The molecule has 0 radical (unpaired) electrons. The summed E-state index contributed by atoms with van der Waals surface area (Å²) in [6.45, 7) is 3.15. The molecule has 1 amide bonds. The fourth-order valence-corrected chi connectivity index (χ4v) is 3.40. The maximum absolute atomic E-state index is 12.1. The van der Waals surface area contributed by atoms with Gasteiger partial charge in [0.2, 0.25) is 0 Å². The van der Waals surface area contributed by atoms with Crippen molar-refractivity contribution in [3.05, 3.63) is 36.2 Å². The Hall–Kier alpha value is -2.34. The Morgan fingerprint density at radius 3 is 2.88 bits per heavy atom. The molecule has 1 saturated heterocycles. The number of ether oxygens (including phenoxy) is 1. The topological polar surface area (TPSA) is 78.5 Å². The van der Waals surface area contributed by atoms with Crippen molar-refractivity contribution in [1.29, 1.82) is 0 Å². The number of aliphatic hydroxyl groups is 1. The van der Waals surface area contributed by atoms with Gasteiger partial charge in [0, 0.05) is 30.3 Å². The third-order valence-electron chi connectivity index (χ3n) is 4.94. The van der Waals surface area contributed by atoms with Gasteiger partial charge in [-0.05, 0) is 37.0 Å². The Bertz CT molecular complexity index is 720. The number of aromatic amines is 1. The summed E-state index contributed by atoms with van der Waals surface area (Å²) in [7, 11) is 1.66. The highest BCUT2D eigenvalue weighted by atomic mass is 16.5. The van der Waals surface area contributed by atoms with E-state index in [0.717, 1.165) is 35.4 Å². The summed E-state index contributed by atoms with van der Waals surface area (Å²) in [6, 6.07) is 7.95. The lowest BCUT2D eigenvalue weighted by molar-refractivity contribution is -0.141. The number of hydrogen-bond donors (Lipinski definition) is 2. The Labute approximate surface area is 147 Å². The molecule has 25 heavy (non-hydrogen) atoms. The summed E-state index contributed by atoms with van der Waals surface area (Å²) in [4.78, 5) is 13.9. The van der Waals surface area contributed by atoms with E-state index in [4.69, 9.17) is 4.74 Å². The molecule has 1 aliphatic heterocycles. The maximum Gasteiger partial charge on any atom is 0.251 e. The molecule has 1 atom stereocenters. The summed E-state index contributed by atoms with van der Waals surface area (Å²) in [5, 5.41) is 17.1. The van der Waals surface area contributed by atoms with Gasteiger partial charge in [0.25, 0.3) is 5.91 Å². The van der Waals surface area contributed by atoms with Crippen LogP contribution in [-0.2, 0) is 4.79 Å². The predicted octanol–water partition coefficient (Wildman–Crippen LogP) is 2.56. The Morgan fingerprint density at radius 1 is 1.44 bits per heavy atom. The van der Waals surface area contributed by atoms with E-state index < -0.39 is 6.10 Å². The van der Waals surface area contributed by atoms with Crippen LogP contribution in [0.3, 0.4) is 0 Å². The molecule has 3 rings (SSSR count). The van der Waals surface area contributed by atoms with Crippen LogP contribution in [0, 0.1) is 0 Å². The third-order valence-corrected chi connectivity index (χ3v) is 4.94. The van der Waals surface area contributed by atoms with E-state index in [1.54, 1.807) is 12.0 Å². The van der Waals surface area contributed by atoms with E-state index in [9.17, 15) is 9.90 Å². The highest BCUT2D eigenvalue weighted by molar-refractivity contribution is 5.80. The summed E-state index contributed by atoms with van der Waals surface area (Å²) < 4.78 is 5.31. The van der Waals surface area contributed by atoms with Gasteiger partial charge in [0.05, 0.1) is 13.3 Å². The SMILES string of the molecule is CCC(O)C(=O)N1CCC(c2[nH]ncc2-c2cccc(OC)c2)CC1. The second-order valence-corrected chi connectivity index (χ2v) is 6.45. The van der Waals surface area contributed by atoms with Gasteiger partial charge in [-0.1, -0.05) is 19.1 Å². The molecule has 1 aliphatic rings. The van der Waals surface area contributed by atoms with Gasteiger partial charge in [-0.15, -0.1) is 0 Å². The molecule has 0 spiro atoms. The van der Waals surface area contributed by atoms with Crippen LogP contribution in [0.25, 0.3) is 11.1 Å². The number of benzene rings is 1. The van der Waals surface area contributed by atoms with Crippen LogP contribution in [0.15, 0.2) is 30.5 Å². The fourth-order valence-electron chi connectivity index (χ4n) is 3.40. The summed E-state index contributed by atoms with van der Waals surface area (Å²) in [5.41, 5.74) is 3.26. The van der Waals surface area contributed by atoms with Crippen molar-refractivity contribution >= 4 is 5.91 Å². The number of carbonyl (C=O) groups is 1. The Balaban J connectivity index is 1.73. The van der Waals surface area contributed by atoms with Crippen LogP contribution < -0.4 is 4.74 Å². The molecule has 6 heteroatoms. The fraction of sp³-hybridized carbons (Fsp3) is 0.474. The Morgan fingerprint density at radius 2 is 2.20 bits per heavy atom. The van der Waals surface area contributed by atoms with E-state index >= 15 is 0 Å². The largest absolute Gasteiger partial charge is 0.497 e. The number of aliphatic hydroxyl groups excluding tert-OH is 1. The number of aromatic nitrogens is 2. The summed E-state index contributed by atoms with van der Waals surface area (Å²) >= 11 is 0. The first kappa shape index (κ1) is 17.5. The van der Waals surface area contributed by atoms with E-state index in [-0.39, 0.29) is 5.91 Å². The molecule has 0 aliphatic carbocycles.